The Labute approximate surface area is 161 Å². The predicted octanol–water partition coefficient (Wildman–Crippen LogP) is 2.65. The Kier molecular flexibility index (Phi) is 8.72. The predicted molar refractivity (Wildman–Crippen MR) is 101 cm³/mol. The van der Waals surface area contributed by atoms with Crippen molar-refractivity contribution in [2.45, 2.75) is 90.7 Å². The first-order valence-electron chi connectivity index (χ1n) is 9.89. The Balaban J connectivity index is 2.94. The smallest absolute Gasteiger partial charge is 0.309 e. The van der Waals surface area contributed by atoms with Crippen molar-refractivity contribution in [3.05, 3.63) is 0 Å². The largest absolute Gasteiger partial charge is 0.481 e. The SMILES string of the molecule is CCC[C@H](CC1(C(=O)N[C@@H](CO)CC(=O)O)CCCC1)C(=O)OC(C)(C)C. The molecule has 0 heterocycles. The molecule has 1 aliphatic carbocycles. The number of amides is 1. The second-order valence-corrected chi connectivity index (χ2v) is 8.66. The maximum atomic E-state index is 13.0. The van der Waals surface area contributed by atoms with Gasteiger partial charge < -0.3 is 20.3 Å². The molecule has 0 aromatic rings. The lowest BCUT2D eigenvalue weighted by atomic mass is 9.75. The summed E-state index contributed by atoms with van der Waals surface area (Å²) in [5.74, 6) is -1.99. The number of rotatable bonds is 10. The first-order chi connectivity index (χ1) is 12.5. The van der Waals surface area contributed by atoms with Crippen molar-refractivity contribution in [3.8, 4) is 0 Å². The molecule has 1 fully saturated rings. The summed E-state index contributed by atoms with van der Waals surface area (Å²) in [5.41, 5.74) is -1.29. The number of aliphatic hydroxyl groups is 1. The number of carbonyl (C=O) groups excluding carboxylic acids is 2. The molecule has 7 heteroatoms. The number of carboxylic acid groups (broad SMARTS) is 1. The molecule has 1 rings (SSSR count). The van der Waals surface area contributed by atoms with Crippen molar-refractivity contribution in [1.29, 1.82) is 0 Å². The number of hydrogen-bond donors (Lipinski definition) is 3. The number of carboxylic acids is 1. The monoisotopic (exact) mass is 385 g/mol. The molecule has 1 aliphatic rings. The highest BCUT2D eigenvalue weighted by molar-refractivity contribution is 5.85. The normalized spacial score (nSPS) is 18.6. The van der Waals surface area contributed by atoms with Gasteiger partial charge in [-0.25, -0.2) is 0 Å². The van der Waals surface area contributed by atoms with Gasteiger partial charge in [-0.3, -0.25) is 14.4 Å². The van der Waals surface area contributed by atoms with E-state index < -0.39 is 29.6 Å². The third kappa shape index (κ3) is 7.48. The molecule has 0 saturated heterocycles. The third-order valence-corrected chi connectivity index (χ3v) is 5.03. The summed E-state index contributed by atoms with van der Waals surface area (Å²) in [7, 11) is 0. The number of nitrogens with one attached hydrogen (secondary N) is 1. The van der Waals surface area contributed by atoms with E-state index in [2.05, 4.69) is 5.32 Å². The van der Waals surface area contributed by atoms with Crippen LogP contribution in [0.1, 0.15) is 79.1 Å². The zero-order chi connectivity index (χ0) is 20.7. The molecule has 0 aromatic heterocycles. The lowest BCUT2D eigenvalue weighted by Crippen LogP contribution is -2.48. The Bertz CT molecular complexity index is 519. The van der Waals surface area contributed by atoms with Crippen LogP contribution in [0.2, 0.25) is 0 Å². The fourth-order valence-corrected chi connectivity index (χ4v) is 3.79. The van der Waals surface area contributed by atoms with E-state index in [1.807, 2.05) is 27.7 Å². The molecule has 0 aromatic carbocycles. The molecule has 7 nitrogen and oxygen atoms in total. The molecular formula is C20H35NO6. The molecule has 0 unspecified atom stereocenters. The number of aliphatic carboxylic acids is 1. The van der Waals surface area contributed by atoms with Crippen LogP contribution in [0.3, 0.4) is 0 Å². The van der Waals surface area contributed by atoms with Crippen LogP contribution in [0.25, 0.3) is 0 Å². The summed E-state index contributed by atoms with van der Waals surface area (Å²) in [5, 5.41) is 21.0. The summed E-state index contributed by atoms with van der Waals surface area (Å²) in [4.78, 5) is 36.6. The molecule has 0 spiro atoms. The maximum absolute atomic E-state index is 13.0. The average Bonchev–Trinajstić information content (AvgIpc) is 3.01. The van der Waals surface area contributed by atoms with Gasteiger partial charge in [0.05, 0.1) is 30.4 Å². The fraction of sp³-hybridized carbons (Fsp3) is 0.850. The highest BCUT2D eigenvalue weighted by Crippen LogP contribution is 2.44. The minimum atomic E-state index is -1.08. The number of esters is 1. The van der Waals surface area contributed by atoms with Crippen molar-refractivity contribution < 1.29 is 29.3 Å². The second-order valence-electron chi connectivity index (χ2n) is 8.66. The van der Waals surface area contributed by atoms with Crippen LogP contribution in [-0.2, 0) is 19.1 Å². The van der Waals surface area contributed by atoms with Crippen molar-refractivity contribution in [2.24, 2.45) is 11.3 Å². The zero-order valence-electron chi connectivity index (χ0n) is 17.0. The van der Waals surface area contributed by atoms with Crippen LogP contribution in [0.15, 0.2) is 0 Å². The summed E-state index contributed by atoms with van der Waals surface area (Å²) in [6, 6.07) is -0.821. The summed E-state index contributed by atoms with van der Waals surface area (Å²) < 4.78 is 5.55. The van der Waals surface area contributed by atoms with Gasteiger partial charge in [-0.1, -0.05) is 26.2 Å². The van der Waals surface area contributed by atoms with Gasteiger partial charge >= 0.3 is 11.9 Å². The lowest BCUT2D eigenvalue weighted by molar-refractivity contribution is -0.162. The molecular weight excluding hydrogens is 350 g/mol. The van der Waals surface area contributed by atoms with Crippen LogP contribution < -0.4 is 5.32 Å². The quantitative estimate of drug-likeness (QED) is 0.498. The van der Waals surface area contributed by atoms with Gasteiger partial charge in [0.25, 0.3) is 0 Å². The second kappa shape index (κ2) is 10.1. The summed E-state index contributed by atoms with van der Waals surface area (Å²) in [6.07, 6.45) is 4.62. The van der Waals surface area contributed by atoms with Gasteiger partial charge in [0, 0.05) is 0 Å². The first-order valence-corrected chi connectivity index (χ1v) is 9.89. The number of carbonyl (C=O) groups is 3. The minimum absolute atomic E-state index is 0.259. The van der Waals surface area contributed by atoms with Crippen molar-refractivity contribution in [1.82, 2.24) is 5.32 Å². The van der Waals surface area contributed by atoms with Gasteiger partial charge in [0.1, 0.15) is 5.60 Å². The van der Waals surface area contributed by atoms with E-state index in [0.29, 0.717) is 25.7 Å². The fourth-order valence-electron chi connectivity index (χ4n) is 3.79. The van der Waals surface area contributed by atoms with Gasteiger partial charge in [-0.05, 0) is 46.5 Å². The van der Waals surface area contributed by atoms with E-state index in [0.717, 1.165) is 19.3 Å². The van der Waals surface area contributed by atoms with Gasteiger partial charge in [-0.15, -0.1) is 0 Å². The van der Waals surface area contributed by atoms with Crippen molar-refractivity contribution in [2.75, 3.05) is 6.61 Å². The maximum Gasteiger partial charge on any atom is 0.309 e. The minimum Gasteiger partial charge on any atom is -0.481 e. The van der Waals surface area contributed by atoms with Gasteiger partial charge in [0.2, 0.25) is 5.91 Å². The zero-order valence-corrected chi connectivity index (χ0v) is 17.0. The van der Waals surface area contributed by atoms with E-state index in [1.165, 1.54) is 0 Å². The molecule has 1 amide bonds. The van der Waals surface area contributed by atoms with E-state index in [9.17, 15) is 19.5 Å². The molecule has 1 saturated carbocycles. The molecule has 0 bridgehead atoms. The molecule has 2 atom stereocenters. The topological polar surface area (TPSA) is 113 Å². The van der Waals surface area contributed by atoms with E-state index in [1.54, 1.807) is 0 Å². The molecule has 3 N–H and O–H groups in total. The van der Waals surface area contributed by atoms with Crippen LogP contribution in [0, 0.1) is 11.3 Å². The molecule has 156 valence electrons. The van der Waals surface area contributed by atoms with Crippen LogP contribution in [-0.4, -0.2) is 46.3 Å². The number of aliphatic hydroxyl groups excluding tert-OH is 1. The molecule has 27 heavy (non-hydrogen) atoms. The van der Waals surface area contributed by atoms with E-state index in [4.69, 9.17) is 9.84 Å². The van der Waals surface area contributed by atoms with Crippen LogP contribution in [0.4, 0.5) is 0 Å². The third-order valence-electron chi connectivity index (χ3n) is 5.03. The Morgan fingerprint density at radius 2 is 1.78 bits per heavy atom. The summed E-state index contributed by atoms with van der Waals surface area (Å²) >= 11 is 0. The molecule has 0 radical (unpaired) electrons. The summed E-state index contributed by atoms with van der Waals surface area (Å²) in [6.45, 7) is 7.03. The first kappa shape index (κ1) is 23.4. The van der Waals surface area contributed by atoms with Crippen molar-refractivity contribution >= 4 is 17.8 Å². The van der Waals surface area contributed by atoms with E-state index >= 15 is 0 Å². The Morgan fingerprint density at radius 3 is 2.22 bits per heavy atom. The number of ether oxygens (including phenoxy) is 1. The van der Waals surface area contributed by atoms with Crippen LogP contribution in [0.5, 0.6) is 0 Å². The Morgan fingerprint density at radius 1 is 1.19 bits per heavy atom. The standard InChI is InChI=1S/C20H35NO6/c1-5-8-14(17(25)27-19(2,3)4)12-20(9-6-7-10-20)18(26)21-15(13-22)11-16(23)24/h14-15,22H,5-13H2,1-4H3,(H,21,26)(H,23,24)/t14-,15-/m1/s1. The highest BCUT2D eigenvalue weighted by Gasteiger charge is 2.45. The van der Waals surface area contributed by atoms with Gasteiger partial charge in [0.15, 0.2) is 0 Å². The lowest BCUT2D eigenvalue weighted by Gasteiger charge is -2.33. The number of hydrogen-bond acceptors (Lipinski definition) is 5. The molecule has 0 aliphatic heterocycles. The highest BCUT2D eigenvalue weighted by atomic mass is 16.6. The van der Waals surface area contributed by atoms with Crippen LogP contribution >= 0.6 is 0 Å². The Hall–Kier alpha value is -1.63. The van der Waals surface area contributed by atoms with Crippen molar-refractivity contribution in [3.63, 3.8) is 0 Å². The van der Waals surface area contributed by atoms with Gasteiger partial charge in [-0.2, -0.15) is 0 Å². The van der Waals surface area contributed by atoms with E-state index in [-0.39, 0.29) is 24.2 Å². The average molecular weight is 386 g/mol.